The number of anilines is 3. The van der Waals surface area contributed by atoms with E-state index in [4.69, 9.17) is 11.6 Å². The molecular weight excluding hydrogens is 498 g/mol. The quantitative estimate of drug-likeness (QED) is 0.271. The van der Waals surface area contributed by atoms with Crippen molar-refractivity contribution in [1.29, 1.82) is 0 Å². The van der Waals surface area contributed by atoms with Crippen LogP contribution in [0.15, 0.2) is 83.5 Å². The van der Waals surface area contributed by atoms with E-state index in [2.05, 4.69) is 15.4 Å². The highest BCUT2D eigenvalue weighted by molar-refractivity contribution is 6.53. The third kappa shape index (κ3) is 5.26. The molecule has 0 unspecified atom stereocenters. The Balaban J connectivity index is 1.52. The minimum absolute atomic E-state index is 0.0840. The van der Waals surface area contributed by atoms with Crippen molar-refractivity contribution in [3.05, 3.63) is 100 Å². The highest BCUT2D eigenvalue weighted by Crippen LogP contribution is 2.31. The standard InChI is InChI=1S/C27H20ClN3O6/c1-15(32)16-9-11-19(12-10-16)30-24(33)17-5-3-7-20(13-17)29-23-22(28)25(34)31(26(23)35)21-8-4-6-18(14-21)27(36)37-2/h3-14,29H,1-2H3,(H,30,33). The molecule has 9 nitrogen and oxygen atoms in total. The lowest BCUT2D eigenvalue weighted by atomic mass is 10.1. The Bertz CT molecular complexity index is 1480. The van der Waals surface area contributed by atoms with Crippen LogP contribution in [-0.2, 0) is 14.3 Å². The number of methoxy groups -OCH3 is 1. The topological polar surface area (TPSA) is 122 Å². The number of esters is 1. The highest BCUT2D eigenvalue weighted by atomic mass is 35.5. The Hall–Kier alpha value is -4.76. The number of hydrogen-bond donors (Lipinski definition) is 2. The Morgan fingerprint density at radius 1 is 0.811 bits per heavy atom. The Morgan fingerprint density at radius 2 is 1.49 bits per heavy atom. The fourth-order valence-corrected chi connectivity index (χ4v) is 3.82. The lowest BCUT2D eigenvalue weighted by Crippen LogP contribution is -2.32. The maximum absolute atomic E-state index is 13.1. The number of Topliss-reactive ketones (excluding diaryl/α,β-unsaturated/α-hetero) is 1. The van der Waals surface area contributed by atoms with Gasteiger partial charge in [0.25, 0.3) is 17.7 Å². The molecule has 0 saturated carbocycles. The molecule has 2 N–H and O–H groups in total. The zero-order valence-electron chi connectivity index (χ0n) is 19.7. The Kier molecular flexibility index (Phi) is 7.17. The molecule has 0 spiro atoms. The average molecular weight is 518 g/mol. The molecule has 3 aromatic carbocycles. The predicted molar refractivity (Wildman–Crippen MR) is 138 cm³/mol. The molecule has 0 aromatic heterocycles. The molecule has 0 aliphatic carbocycles. The van der Waals surface area contributed by atoms with Crippen LogP contribution < -0.4 is 15.5 Å². The third-order valence-corrected chi connectivity index (χ3v) is 5.85. The molecule has 0 radical (unpaired) electrons. The van der Waals surface area contributed by atoms with Gasteiger partial charge in [-0.05, 0) is 67.6 Å². The number of nitrogens with zero attached hydrogens (tertiary/aromatic N) is 1. The van der Waals surface area contributed by atoms with Crippen LogP contribution in [-0.4, -0.2) is 36.6 Å². The summed E-state index contributed by atoms with van der Waals surface area (Å²) in [6.07, 6.45) is 0. The van der Waals surface area contributed by atoms with Crippen LogP contribution in [0.25, 0.3) is 0 Å². The summed E-state index contributed by atoms with van der Waals surface area (Å²) in [5.41, 5.74) is 1.78. The van der Waals surface area contributed by atoms with Gasteiger partial charge in [0.2, 0.25) is 0 Å². The summed E-state index contributed by atoms with van der Waals surface area (Å²) in [5, 5.41) is 5.22. The second-order valence-corrected chi connectivity index (χ2v) is 8.35. The monoisotopic (exact) mass is 517 g/mol. The molecule has 3 amide bonds. The number of rotatable bonds is 7. The summed E-state index contributed by atoms with van der Waals surface area (Å²) in [6, 6.07) is 18.6. The number of nitrogens with one attached hydrogen (secondary N) is 2. The van der Waals surface area contributed by atoms with Gasteiger partial charge in [0.1, 0.15) is 10.7 Å². The molecule has 3 aromatic rings. The van der Waals surface area contributed by atoms with Gasteiger partial charge >= 0.3 is 5.97 Å². The van der Waals surface area contributed by atoms with E-state index in [0.717, 1.165) is 4.90 Å². The van der Waals surface area contributed by atoms with Crippen LogP contribution in [0.1, 0.15) is 38.0 Å². The summed E-state index contributed by atoms with van der Waals surface area (Å²) < 4.78 is 4.69. The first-order chi connectivity index (χ1) is 17.7. The molecule has 0 saturated heterocycles. The summed E-state index contributed by atoms with van der Waals surface area (Å²) in [6.45, 7) is 1.45. The molecule has 1 aliphatic rings. The lowest BCUT2D eigenvalue weighted by Gasteiger charge is -2.16. The van der Waals surface area contributed by atoms with Crippen LogP contribution in [0, 0.1) is 0 Å². The van der Waals surface area contributed by atoms with Crippen LogP contribution >= 0.6 is 11.6 Å². The largest absolute Gasteiger partial charge is 0.465 e. The maximum atomic E-state index is 13.1. The van der Waals surface area contributed by atoms with Gasteiger partial charge in [-0.3, -0.25) is 19.2 Å². The number of ether oxygens (including phenoxy) is 1. The third-order valence-electron chi connectivity index (χ3n) is 5.50. The number of carbonyl (C=O) groups is 5. The average Bonchev–Trinajstić information content (AvgIpc) is 3.11. The summed E-state index contributed by atoms with van der Waals surface area (Å²) >= 11 is 6.20. The van der Waals surface area contributed by atoms with E-state index < -0.39 is 23.7 Å². The van der Waals surface area contributed by atoms with Crippen molar-refractivity contribution in [3.63, 3.8) is 0 Å². The normalized spacial score (nSPS) is 13.0. The van der Waals surface area contributed by atoms with E-state index in [0.29, 0.717) is 16.9 Å². The van der Waals surface area contributed by atoms with Crippen LogP contribution in [0.2, 0.25) is 0 Å². The summed E-state index contributed by atoms with van der Waals surface area (Å²) in [7, 11) is 1.22. The van der Waals surface area contributed by atoms with Crippen molar-refractivity contribution in [1.82, 2.24) is 0 Å². The number of carbonyl (C=O) groups excluding carboxylic acids is 5. The molecular formula is C27H20ClN3O6. The van der Waals surface area contributed by atoms with Gasteiger partial charge < -0.3 is 15.4 Å². The summed E-state index contributed by atoms with van der Waals surface area (Å²) in [5.74, 6) is -2.62. The number of amides is 3. The van der Waals surface area contributed by atoms with Crippen molar-refractivity contribution in [2.24, 2.45) is 0 Å². The second-order valence-electron chi connectivity index (χ2n) is 7.97. The second kappa shape index (κ2) is 10.5. The van der Waals surface area contributed by atoms with Gasteiger partial charge in [-0.15, -0.1) is 0 Å². The number of halogens is 1. The van der Waals surface area contributed by atoms with Crippen LogP contribution in [0.5, 0.6) is 0 Å². The fourth-order valence-electron chi connectivity index (χ4n) is 3.61. The first-order valence-electron chi connectivity index (χ1n) is 11.0. The van der Waals surface area contributed by atoms with Crippen molar-refractivity contribution < 1.29 is 28.7 Å². The molecule has 37 heavy (non-hydrogen) atoms. The van der Waals surface area contributed by atoms with Crippen molar-refractivity contribution in [3.8, 4) is 0 Å². The van der Waals surface area contributed by atoms with E-state index in [9.17, 15) is 24.0 Å². The minimum Gasteiger partial charge on any atom is -0.465 e. The van der Waals surface area contributed by atoms with E-state index in [-0.39, 0.29) is 33.3 Å². The van der Waals surface area contributed by atoms with Crippen molar-refractivity contribution in [2.45, 2.75) is 6.92 Å². The number of imide groups is 1. The van der Waals surface area contributed by atoms with E-state index in [1.165, 1.54) is 44.4 Å². The highest BCUT2D eigenvalue weighted by Gasteiger charge is 2.39. The maximum Gasteiger partial charge on any atom is 0.337 e. The fraction of sp³-hybridized carbons (Fsp3) is 0.0741. The Morgan fingerprint density at radius 3 is 2.16 bits per heavy atom. The molecule has 1 heterocycles. The molecule has 10 heteroatoms. The van der Waals surface area contributed by atoms with Gasteiger partial charge in [0, 0.05) is 22.5 Å². The number of hydrogen-bond acceptors (Lipinski definition) is 7. The van der Waals surface area contributed by atoms with Gasteiger partial charge in [0.05, 0.1) is 18.4 Å². The zero-order valence-corrected chi connectivity index (χ0v) is 20.5. The first kappa shape index (κ1) is 25.3. The van der Waals surface area contributed by atoms with Gasteiger partial charge in [0.15, 0.2) is 5.78 Å². The molecule has 1 aliphatic heterocycles. The SMILES string of the molecule is COC(=O)c1cccc(N2C(=O)C(Cl)=C(Nc3cccc(C(=O)Nc4ccc(C(C)=O)cc4)c3)C2=O)c1. The number of benzene rings is 3. The predicted octanol–water partition coefficient (Wildman–Crippen LogP) is 4.36. The first-order valence-corrected chi connectivity index (χ1v) is 11.3. The van der Waals surface area contributed by atoms with E-state index in [1.807, 2.05) is 0 Å². The van der Waals surface area contributed by atoms with Crippen LogP contribution in [0.3, 0.4) is 0 Å². The van der Waals surface area contributed by atoms with Crippen molar-refractivity contribution in [2.75, 3.05) is 22.6 Å². The molecule has 0 fully saturated rings. The molecule has 0 atom stereocenters. The van der Waals surface area contributed by atoms with E-state index in [1.54, 1.807) is 42.5 Å². The lowest BCUT2D eigenvalue weighted by molar-refractivity contribution is -0.120. The van der Waals surface area contributed by atoms with Gasteiger partial charge in [-0.1, -0.05) is 23.7 Å². The Labute approximate surface area is 216 Å². The van der Waals surface area contributed by atoms with E-state index >= 15 is 0 Å². The van der Waals surface area contributed by atoms with Crippen molar-refractivity contribution >= 4 is 58.1 Å². The van der Waals surface area contributed by atoms with Gasteiger partial charge in [-0.25, -0.2) is 9.69 Å². The molecule has 4 rings (SSSR count). The smallest absolute Gasteiger partial charge is 0.337 e. The van der Waals surface area contributed by atoms with Crippen LogP contribution in [0.4, 0.5) is 17.1 Å². The molecule has 186 valence electrons. The summed E-state index contributed by atoms with van der Waals surface area (Å²) in [4.78, 5) is 62.8. The molecule has 0 bridgehead atoms. The zero-order chi connectivity index (χ0) is 26.7. The minimum atomic E-state index is -0.765. The van der Waals surface area contributed by atoms with Gasteiger partial charge in [-0.2, -0.15) is 0 Å². The number of ketones is 1.